The Morgan fingerprint density at radius 2 is 2.32 bits per heavy atom. The molecule has 6 nitrogen and oxygen atoms in total. The fraction of sp³-hybridized carbons (Fsp3) is 0.167. The predicted octanol–water partition coefficient (Wildman–Crippen LogP) is 1.79. The number of halogens is 1. The SMILES string of the molecule is COC(=O)c1c(C#N)cc(Cl)nc1-c1cnn(C)c1. The Balaban J connectivity index is 2.75. The Morgan fingerprint density at radius 1 is 1.58 bits per heavy atom. The van der Waals surface area contributed by atoms with Gasteiger partial charge >= 0.3 is 5.97 Å². The van der Waals surface area contributed by atoms with E-state index in [1.165, 1.54) is 19.4 Å². The summed E-state index contributed by atoms with van der Waals surface area (Å²) >= 11 is 5.86. The number of nitriles is 1. The van der Waals surface area contributed by atoms with E-state index in [1.54, 1.807) is 17.9 Å². The van der Waals surface area contributed by atoms with E-state index < -0.39 is 5.97 Å². The second-order valence-electron chi connectivity index (χ2n) is 3.72. The van der Waals surface area contributed by atoms with Crippen molar-refractivity contribution in [2.45, 2.75) is 0 Å². The van der Waals surface area contributed by atoms with Crippen LogP contribution >= 0.6 is 11.6 Å². The van der Waals surface area contributed by atoms with Gasteiger partial charge in [-0.2, -0.15) is 10.4 Å². The summed E-state index contributed by atoms with van der Waals surface area (Å²) in [5.41, 5.74) is 1.07. The molecule has 0 spiro atoms. The quantitative estimate of drug-likeness (QED) is 0.617. The molecule has 0 unspecified atom stereocenters. The van der Waals surface area contributed by atoms with Crippen LogP contribution in [-0.2, 0) is 11.8 Å². The maximum atomic E-state index is 11.8. The van der Waals surface area contributed by atoms with Gasteiger partial charge in [-0.05, 0) is 6.07 Å². The van der Waals surface area contributed by atoms with Gasteiger partial charge in [-0.15, -0.1) is 0 Å². The molecule has 0 aromatic carbocycles. The van der Waals surface area contributed by atoms with Crippen molar-refractivity contribution in [3.8, 4) is 17.3 Å². The van der Waals surface area contributed by atoms with Crippen molar-refractivity contribution < 1.29 is 9.53 Å². The monoisotopic (exact) mass is 276 g/mol. The Morgan fingerprint density at radius 3 is 2.84 bits per heavy atom. The number of methoxy groups -OCH3 is 1. The highest BCUT2D eigenvalue weighted by molar-refractivity contribution is 6.29. The summed E-state index contributed by atoms with van der Waals surface area (Å²) in [4.78, 5) is 15.9. The average molecular weight is 277 g/mol. The number of carbonyl (C=O) groups excluding carboxylic acids is 1. The van der Waals surface area contributed by atoms with E-state index in [0.717, 1.165) is 0 Å². The molecule has 0 saturated carbocycles. The van der Waals surface area contributed by atoms with Crippen LogP contribution in [0.4, 0.5) is 0 Å². The van der Waals surface area contributed by atoms with Gasteiger partial charge in [0.1, 0.15) is 16.8 Å². The number of hydrogen-bond donors (Lipinski definition) is 0. The number of pyridine rings is 1. The molecule has 0 bridgehead atoms. The summed E-state index contributed by atoms with van der Waals surface area (Å²) in [6.45, 7) is 0. The van der Waals surface area contributed by atoms with E-state index in [9.17, 15) is 4.79 Å². The molecule has 0 atom stereocenters. The Bertz CT molecular complexity index is 688. The maximum Gasteiger partial charge on any atom is 0.341 e. The number of ether oxygens (including phenoxy) is 1. The summed E-state index contributed by atoms with van der Waals surface area (Å²) in [6.07, 6.45) is 3.21. The molecular formula is C12H9ClN4O2. The lowest BCUT2D eigenvalue weighted by atomic mass is 10.0. The molecule has 2 aromatic rings. The number of rotatable bonds is 2. The van der Waals surface area contributed by atoms with E-state index in [0.29, 0.717) is 5.56 Å². The van der Waals surface area contributed by atoms with Crippen molar-refractivity contribution >= 4 is 17.6 Å². The molecule has 2 rings (SSSR count). The topological polar surface area (TPSA) is 80.8 Å². The summed E-state index contributed by atoms with van der Waals surface area (Å²) < 4.78 is 6.25. The van der Waals surface area contributed by atoms with Gasteiger partial charge in [0.2, 0.25) is 0 Å². The Hall–Kier alpha value is -2.39. The van der Waals surface area contributed by atoms with Crippen molar-refractivity contribution in [1.82, 2.24) is 14.8 Å². The third-order valence-corrected chi connectivity index (χ3v) is 2.67. The minimum Gasteiger partial charge on any atom is -0.465 e. The fourth-order valence-electron chi connectivity index (χ4n) is 1.66. The number of aryl methyl sites for hydroxylation is 1. The zero-order chi connectivity index (χ0) is 14.0. The molecule has 0 N–H and O–H groups in total. The highest BCUT2D eigenvalue weighted by Gasteiger charge is 2.21. The van der Waals surface area contributed by atoms with Crippen LogP contribution in [0.1, 0.15) is 15.9 Å². The fourth-order valence-corrected chi connectivity index (χ4v) is 1.86. The van der Waals surface area contributed by atoms with Crippen molar-refractivity contribution in [3.63, 3.8) is 0 Å². The van der Waals surface area contributed by atoms with Gasteiger partial charge in [-0.1, -0.05) is 11.6 Å². The lowest BCUT2D eigenvalue weighted by molar-refractivity contribution is 0.0601. The summed E-state index contributed by atoms with van der Waals surface area (Å²) in [7, 11) is 2.97. The van der Waals surface area contributed by atoms with Gasteiger partial charge < -0.3 is 4.74 Å². The average Bonchev–Trinajstić information content (AvgIpc) is 2.83. The number of carbonyl (C=O) groups is 1. The van der Waals surface area contributed by atoms with Gasteiger partial charge in [-0.25, -0.2) is 9.78 Å². The van der Waals surface area contributed by atoms with Gasteiger partial charge in [0.25, 0.3) is 0 Å². The number of nitrogens with zero attached hydrogens (tertiary/aromatic N) is 4. The van der Waals surface area contributed by atoms with Crippen molar-refractivity contribution in [2.75, 3.05) is 7.11 Å². The standard InChI is InChI=1S/C12H9ClN4O2/c1-17-6-8(5-15-17)11-10(12(18)19-2)7(4-14)3-9(13)16-11/h3,5-6H,1-2H3. The predicted molar refractivity (Wildman–Crippen MR) is 67.5 cm³/mol. The summed E-state index contributed by atoms with van der Waals surface area (Å²) in [6, 6.07) is 3.24. The van der Waals surface area contributed by atoms with Crippen molar-refractivity contribution in [1.29, 1.82) is 5.26 Å². The molecule has 0 amide bonds. The highest BCUT2D eigenvalue weighted by Crippen LogP contribution is 2.27. The van der Waals surface area contributed by atoms with E-state index in [2.05, 4.69) is 14.8 Å². The molecule has 0 saturated heterocycles. The summed E-state index contributed by atoms with van der Waals surface area (Å²) in [5, 5.41) is 13.2. The number of hydrogen-bond acceptors (Lipinski definition) is 5. The molecule has 0 aliphatic heterocycles. The van der Waals surface area contributed by atoms with Crippen LogP contribution in [0.3, 0.4) is 0 Å². The maximum absolute atomic E-state index is 11.8. The lowest BCUT2D eigenvalue weighted by Gasteiger charge is -2.07. The molecule has 2 heterocycles. The van der Waals surface area contributed by atoms with Gasteiger partial charge in [0.05, 0.1) is 24.6 Å². The second-order valence-corrected chi connectivity index (χ2v) is 4.11. The molecule has 2 aromatic heterocycles. The van der Waals surface area contributed by atoms with Gasteiger partial charge in [-0.3, -0.25) is 4.68 Å². The second kappa shape index (κ2) is 5.08. The minimum absolute atomic E-state index is 0.0856. The first-order valence-electron chi connectivity index (χ1n) is 5.24. The zero-order valence-electron chi connectivity index (χ0n) is 10.2. The summed E-state index contributed by atoms with van der Waals surface area (Å²) in [5.74, 6) is -0.639. The van der Waals surface area contributed by atoms with E-state index >= 15 is 0 Å². The van der Waals surface area contributed by atoms with Crippen LogP contribution in [0.25, 0.3) is 11.3 Å². The van der Waals surface area contributed by atoms with Crippen molar-refractivity contribution in [3.05, 3.63) is 34.7 Å². The van der Waals surface area contributed by atoms with E-state index in [4.69, 9.17) is 16.9 Å². The van der Waals surface area contributed by atoms with Crippen LogP contribution in [0, 0.1) is 11.3 Å². The first-order valence-corrected chi connectivity index (χ1v) is 5.62. The largest absolute Gasteiger partial charge is 0.465 e. The molecule has 0 radical (unpaired) electrons. The van der Waals surface area contributed by atoms with Gasteiger partial charge in [0.15, 0.2) is 0 Å². The molecule has 0 aliphatic carbocycles. The first kappa shape index (κ1) is 13.1. The third-order valence-electron chi connectivity index (χ3n) is 2.48. The molecule has 19 heavy (non-hydrogen) atoms. The minimum atomic E-state index is -0.639. The van der Waals surface area contributed by atoms with E-state index in [-0.39, 0.29) is 22.0 Å². The third kappa shape index (κ3) is 2.41. The first-order chi connectivity index (χ1) is 9.06. The van der Waals surface area contributed by atoms with Crippen LogP contribution in [0.2, 0.25) is 5.15 Å². The Labute approximate surface area is 114 Å². The van der Waals surface area contributed by atoms with Crippen LogP contribution < -0.4 is 0 Å². The number of aromatic nitrogens is 3. The molecular weight excluding hydrogens is 268 g/mol. The van der Waals surface area contributed by atoms with Crippen LogP contribution in [0.5, 0.6) is 0 Å². The van der Waals surface area contributed by atoms with Gasteiger partial charge in [0, 0.05) is 18.8 Å². The lowest BCUT2D eigenvalue weighted by Crippen LogP contribution is -2.08. The van der Waals surface area contributed by atoms with Crippen molar-refractivity contribution in [2.24, 2.45) is 7.05 Å². The Kier molecular flexibility index (Phi) is 3.49. The molecule has 96 valence electrons. The van der Waals surface area contributed by atoms with E-state index in [1.807, 2.05) is 6.07 Å². The molecule has 0 aliphatic rings. The highest BCUT2D eigenvalue weighted by atomic mass is 35.5. The molecule has 0 fully saturated rings. The van der Waals surface area contributed by atoms with Crippen LogP contribution in [0.15, 0.2) is 18.5 Å². The molecule has 7 heteroatoms. The smallest absolute Gasteiger partial charge is 0.341 e. The van der Waals surface area contributed by atoms with Crippen LogP contribution in [-0.4, -0.2) is 27.8 Å². The normalized spacial score (nSPS) is 10.0. The number of esters is 1. The zero-order valence-corrected chi connectivity index (χ0v) is 11.0.